The van der Waals surface area contributed by atoms with Crippen LogP contribution in [0.15, 0.2) is 42.5 Å². The summed E-state index contributed by atoms with van der Waals surface area (Å²) in [6.45, 7) is 4.68. The molecule has 0 spiro atoms. The number of hydrogen-bond acceptors (Lipinski definition) is 5. The molecular formula is C20H22N2O4. The molecule has 6 heteroatoms. The van der Waals surface area contributed by atoms with Crippen LogP contribution in [0.3, 0.4) is 0 Å². The van der Waals surface area contributed by atoms with Crippen molar-refractivity contribution in [2.24, 2.45) is 5.92 Å². The Morgan fingerprint density at radius 2 is 1.85 bits per heavy atom. The minimum absolute atomic E-state index is 0.0171. The van der Waals surface area contributed by atoms with Gasteiger partial charge in [0.05, 0.1) is 13.7 Å². The Labute approximate surface area is 153 Å². The van der Waals surface area contributed by atoms with Crippen LogP contribution in [0.4, 0.5) is 5.69 Å². The molecule has 6 nitrogen and oxygen atoms in total. The molecule has 0 radical (unpaired) electrons. The topological polar surface area (TPSA) is 80.6 Å². The van der Waals surface area contributed by atoms with Crippen LogP contribution in [0, 0.1) is 17.2 Å². The van der Waals surface area contributed by atoms with E-state index in [0.29, 0.717) is 41.0 Å². The van der Waals surface area contributed by atoms with Crippen molar-refractivity contribution in [2.45, 2.75) is 13.8 Å². The zero-order valence-corrected chi connectivity index (χ0v) is 15.1. The molecule has 0 atom stereocenters. The third kappa shape index (κ3) is 5.42. The molecule has 1 N–H and O–H groups in total. The number of nitrogens with zero attached hydrogens (tertiary/aromatic N) is 1. The predicted molar refractivity (Wildman–Crippen MR) is 98.8 cm³/mol. The number of nitrogens with one attached hydrogen (secondary N) is 1. The molecular weight excluding hydrogens is 332 g/mol. The number of carbonyl (C=O) groups excluding carboxylic acids is 1. The van der Waals surface area contributed by atoms with E-state index in [9.17, 15) is 4.79 Å². The van der Waals surface area contributed by atoms with Crippen molar-refractivity contribution < 1.29 is 19.0 Å². The van der Waals surface area contributed by atoms with E-state index in [-0.39, 0.29) is 12.5 Å². The molecule has 0 heterocycles. The number of nitriles is 1. The van der Waals surface area contributed by atoms with Crippen molar-refractivity contribution in [3.8, 4) is 23.3 Å². The van der Waals surface area contributed by atoms with Gasteiger partial charge in [-0.3, -0.25) is 4.79 Å². The maximum atomic E-state index is 12.4. The Balaban J connectivity index is 2.05. The molecule has 0 aliphatic carbocycles. The van der Waals surface area contributed by atoms with Gasteiger partial charge in [-0.1, -0.05) is 13.8 Å². The summed E-state index contributed by atoms with van der Waals surface area (Å²) in [5.41, 5.74) is 1.09. The van der Waals surface area contributed by atoms with Crippen molar-refractivity contribution in [1.29, 1.82) is 5.26 Å². The quantitative estimate of drug-likeness (QED) is 0.778. The molecule has 2 aromatic carbocycles. The monoisotopic (exact) mass is 354 g/mol. The Bertz CT molecular complexity index is 779. The van der Waals surface area contributed by atoms with E-state index < -0.39 is 0 Å². The largest absolute Gasteiger partial charge is 0.493 e. The van der Waals surface area contributed by atoms with Gasteiger partial charge < -0.3 is 19.5 Å². The molecule has 26 heavy (non-hydrogen) atoms. The van der Waals surface area contributed by atoms with Gasteiger partial charge in [-0.25, -0.2) is 0 Å². The van der Waals surface area contributed by atoms with Gasteiger partial charge in [0.1, 0.15) is 11.8 Å². The van der Waals surface area contributed by atoms with Gasteiger partial charge in [0.25, 0.3) is 5.91 Å². The fourth-order valence-electron chi connectivity index (χ4n) is 2.14. The summed E-state index contributed by atoms with van der Waals surface area (Å²) in [7, 11) is 1.54. The van der Waals surface area contributed by atoms with E-state index in [1.165, 1.54) is 0 Å². The Hall–Kier alpha value is -3.20. The average Bonchev–Trinajstić information content (AvgIpc) is 2.65. The number of methoxy groups -OCH3 is 1. The van der Waals surface area contributed by atoms with E-state index in [1.54, 1.807) is 49.6 Å². The second kappa shape index (κ2) is 9.33. The lowest BCUT2D eigenvalue weighted by atomic mass is 10.1. The summed E-state index contributed by atoms with van der Waals surface area (Å²) < 4.78 is 16.2. The number of rotatable bonds is 8. The molecule has 1 amide bonds. The molecule has 0 fully saturated rings. The van der Waals surface area contributed by atoms with Gasteiger partial charge >= 0.3 is 0 Å². The molecule has 2 aromatic rings. The summed E-state index contributed by atoms with van der Waals surface area (Å²) >= 11 is 0. The van der Waals surface area contributed by atoms with E-state index in [1.807, 2.05) is 6.07 Å². The first kappa shape index (κ1) is 19.1. The molecule has 2 rings (SSSR count). The number of ether oxygens (including phenoxy) is 3. The van der Waals surface area contributed by atoms with Crippen LogP contribution in [0.1, 0.15) is 24.2 Å². The number of anilines is 1. The van der Waals surface area contributed by atoms with Crippen molar-refractivity contribution in [3.63, 3.8) is 0 Å². The zero-order chi connectivity index (χ0) is 18.9. The van der Waals surface area contributed by atoms with Gasteiger partial charge in [0.15, 0.2) is 18.1 Å². The van der Waals surface area contributed by atoms with Crippen molar-refractivity contribution in [1.82, 2.24) is 0 Å². The number of carbonyl (C=O) groups is 1. The number of hydrogen-bond donors (Lipinski definition) is 1. The SMILES string of the molecule is COc1cc(C(=O)Nc2ccc(OCC#N)cc2)ccc1OCC(C)C. The van der Waals surface area contributed by atoms with Gasteiger partial charge in [0.2, 0.25) is 0 Å². The highest BCUT2D eigenvalue weighted by Gasteiger charge is 2.12. The summed E-state index contributed by atoms with van der Waals surface area (Å²) in [4.78, 5) is 12.4. The molecule has 0 aromatic heterocycles. The highest BCUT2D eigenvalue weighted by molar-refractivity contribution is 6.04. The van der Waals surface area contributed by atoms with Crippen LogP contribution < -0.4 is 19.5 Å². The van der Waals surface area contributed by atoms with Gasteiger partial charge in [0, 0.05) is 11.3 Å². The lowest BCUT2D eigenvalue weighted by molar-refractivity contribution is 0.102. The van der Waals surface area contributed by atoms with E-state index in [0.717, 1.165) is 0 Å². The molecule has 136 valence electrons. The van der Waals surface area contributed by atoms with Crippen molar-refractivity contribution in [2.75, 3.05) is 25.6 Å². The first-order chi connectivity index (χ1) is 12.5. The molecule has 0 saturated carbocycles. The van der Waals surface area contributed by atoms with Crippen molar-refractivity contribution >= 4 is 11.6 Å². The summed E-state index contributed by atoms with van der Waals surface area (Å²) in [5, 5.41) is 11.3. The van der Waals surface area contributed by atoms with Gasteiger partial charge in [-0.15, -0.1) is 0 Å². The highest BCUT2D eigenvalue weighted by atomic mass is 16.5. The minimum Gasteiger partial charge on any atom is -0.493 e. The van der Waals surface area contributed by atoms with Crippen LogP contribution in [0.25, 0.3) is 0 Å². The van der Waals surface area contributed by atoms with Gasteiger partial charge in [-0.05, 0) is 48.4 Å². The van der Waals surface area contributed by atoms with Crippen LogP contribution >= 0.6 is 0 Å². The van der Waals surface area contributed by atoms with E-state index >= 15 is 0 Å². The fraction of sp³-hybridized carbons (Fsp3) is 0.300. The number of amides is 1. The third-order valence-corrected chi connectivity index (χ3v) is 3.41. The molecule has 0 aliphatic rings. The Morgan fingerprint density at radius 1 is 1.12 bits per heavy atom. The minimum atomic E-state index is -0.260. The number of benzene rings is 2. The average molecular weight is 354 g/mol. The highest BCUT2D eigenvalue weighted by Crippen LogP contribution is 2.29. The first-order valence-electron chi connectivity index (χ1n) is 8.25. The second-order valence-electron chi connectivity index (χ2n) is 6.00. The predicted octanol–water partition coefficient (Wildman–Crippen LogP) is 3.88. The second-order valence-corrected chi connectivity index (χ2v) is 6.00. The van der Waals surface area contributed by atoms with Crippen molar-refractivity contribution in [3.05, 3.63) is 48.0 Å². The molecule has 0 bridgehead atoms. The van der Waals surface area contributed by atoms with Crippen LogP contribution in [0.5, 0.6) is 17.2 Å². The summed E-state index contributed by atoms with van der Waals surface area (Å²) in [6.07, 6.45) is 0. The van der Waals surface area contributed by atoms with E-state index in [2.05, 4.69) is 19.2 Å². The Kier molecular flexibility index (Phi) is 6.86. The lowest BCUT2D eigenvalue weighted by Gasteiger charge is -2.13. The van der Waals surface area contributed by atoms with Crippen LogP contribution in [-0.2, 0) is 0 Å². The smallest absolute Gasteiger partial charge is 0.255 e. The van der Waals surface area contributed by atoms with Crippen LogP contribution in [0.2, 0.25) is 0 Å². The zero-order valence-electron chi connectivity index (χ0n) is 15.1. The van der Waals surface area contributed by atoms with E-state index in [4.69, 9.17) is 19.5 Å². The third-order valence-electron chi connectivity index (χ3n) is 3.41. The van der Waals surface area contributed by atoms with Crippen LogP contribution in [-0.4, -0.2) is 26.2 Å². The molecule has 0 saturated heterocycles. The maximum Gasteiger partial charge on any atom is 0.255 e. The fourth-order valence-corrected chi connectivity index (χ4v) is 2.14. The normalized spacial score (nSPS) is 10.1. The lowest BCUT2D eigenvalue weighted by Crippen LogP contribution is -2.12. The standard InChI is InChI=1S/C20H22N2O4/c1-14(2)13-26-18-9-4-15(12-19(18)24-3)20(23)22-16-5-7-17(8-6-16)25-11-10-21/h4-9,12,14H,11,13H2,1-3H3,(H,22,23). The molecule has 0 aliphatic heterocycles. The summed E-state index contributed by atoms with van der Waals surface area (Å²) in [6, 6.07) is 13.8. The van der Waals surface area contributed by atoms with Gasteiger partial charge in [-0.2, -0.15) is 5.26 Å². The summed E-state index contributed by atoms with van der Waals surface area (Å²) in [5.74, 6) is 1.82. The Morgan fingerprint density at radius 3 is 2.46 bits per heavy atom. The maximum absolute atomic E-state index is 12.4. The first-order valence-corrected chi connectivity index (χ1v) is 8.25. The molecule has 0 unspecified atom stereocenters.